The van der Waals surface area contributed by atoms with Crippen molar-refractivity contribution in [3.63, 3.8) is 0 Å². The van der Waals surface area contributed by atoms with Gasteiger partial charge in [-0.25, -0.2) is 0 Å². The second-order valence-corrected chi connectivity index (χ2v) is 5.20. The fourth-order valence-corrected chi connectivity index (χ4v) is 2.22. The molecule has 4 heteroatoms. The van der Waals surface area contributed by atoms with Crippen LogP contribution in [0.2, 0.25) is 0 Å². The van der Waals surface area contributed by atoms with Crippen molar-refractivity contribution < 1.29 is 19.4 Å². The number of carbonyl (C=O) groups excluding carboxylic acids is 1. The molecule has 1 rings (SSSR count). The van der Waals surface area contributed by atoms with Crippen molar-refractivity contribution in [3.8, 4) is 0 Å². The SMILES string of the molecule is CC(C)CO[C@@H]1C(=O)CCC[C@H]1CCC(=O)O. The Bertz CT molecular complexity index is 273. The van der Waals surface area contributed by atoms with Crippen molar-refractivity contribution in [2.45, 2.75) is 52.1 Å². The van der Waals surface area contributed by atoms with Gasteiger partial charge in [0.25, 0.3) is 0 Å². The fourth-order valence-electron chi connectivity index (χ4n) is 2.22. The van der Waals surface area contributed by atoms with E-state index in [1.165, 1.54) is 0 Å². The van der Waals surface area contributed by atoms with Crippen LogP contribution in [0.5, 0.6) is 0 Å². The predicted octanol–water partition coefficient (Wildman–Crippen LogP) is 2.26. The van der Waals surface area contributed by atoms with Crippen LogP contribution in [0.3, 0.4) is 0 Å². The summed E-state index contributed by atoms with van der Waals surface area (Å²) >= 11 is 0. The summed E-state index contributed by atoms with van der Waals surface area (Å²) < 4.78 is 5.66. The Kier molecular flexibility index (Phi) is 5.62. The van der Waals surface area contributed by atoms with Crippen LogP contribution < -0.4 is 0 Å². The molecule has 0 heterocycles. The van der Waals surface area contributed by atoms with Crippen LogP contribution in [0.4, 0.5) is 0 Å². The zero-order valence-electron chi connectivity index (χ0n) is 10.6. The number of aliphatic carboxylic acids is 1. The minimum atomic E-state index is -0.800. The zero-order chi connectivity index (χ0) is 12.8. The molecule has 0 bridgehead atoms. The van der Waals surface area contributed by atoms with E-state index in [0.717, 1.165) is 12.8 Å². The van der Waals surface area contributed by atoms with E-state index < -0.39 is 5.97 Å². The van der Waals surface area contributed by atoms with Crippen LogP contribution in [-0.4, -0.2) is 29.6 Å². The Labute approximate surface area is 102 Å². The highest BCUT2D eigenvalue weighted by atomic mass is 16.5. The summed E-state index contributed by atoms with van der Waals surface area (Å²) in [6, 6.07) is 0. The molecule has 1 fully saturated rings. The second kappa shape index (κ2) is 6.74. The lowest BCUT2D eigenvalue weighted by Gasteiger charge is -2.30. The highest BCUT2D eigenvalue weighted by Crippen LogP contribution is 2.28. The molecule has 0 radical (unpaired) electrons. The molecule has 1 saturated carbocycles. The van der Waals surface area contributed by atoms with E-state index >= 15 is 0 Å². The van der Waals surface area contributed by atoms with Gasteiger partial charge in [0.15, 0.2) is 5.78 Å². The van der Waals surface area contributed by atoms with E-state index in [9.17, 15) is 9.59 Å². The molecule has 1 aliphatic carbocycles. The van der Waals surface area contributed by atoms with Gasteiger partial charge in [0.2, 0.25) is 0 Å². The molecule has 0 saturated heterocycles. The topological polar surface area (TPSA) is 63.6 Å². The molecule has 0 spiro atoms. The van der Waals surface area contributed by atoms with Gasteiger partial charge < -0.3 is 9.84 Å². The van der Waals surface area contributed by atoms with Gasteiger partial charge in [0, 0.05) is 19.4 Å². The van der Waals surface area contributed by atoms with Gasteiger partial charge in [-0.3, -0.25) is 9.59 Å². The van der Waals surface area contributed by atoms with Crippen molar-refractivity contribution in [3.05, 3.63) is 0 Å². The number of ketones is 1. The second-order valence-electron chi connectivity index (χ2n) is 5.20. The van der Waals surface area contributed by atoms with Gasteiger partial charge in [0.05, 0.1) is 0 Å². The summed E-state index contributed by atoms with van der Waals surface area (Å²) in [6.07, 6.45) is 2.65. The van der Waals surface area contributed by atoms with Gasteiger partial charge in [0.1, 0.15) is 6.10 Å². The number of carboxylic acid groups (broad SMARTS) is 1. The van der Waals surface area contributed by atoms with Gasteiger partial charge in [-0.15, -0.1) is 0 Å². The highest BCUT2D eigenvalue weighted by Gasteiger charge is 2.32. The van der Waals surface area contributed by atoms with Crippen molar-refractivity contribution in [1.29, 1.82) is 0 Å². The maximum absolute atomic E-state index is 11.8. The highest BCUT2D eigenvalue weighted by molar-refractivity contribution is 5.84. The maximum Gasteiger partial charge on any atom is 0.303 e. The van der Waals surface area contributed by atoms with Crippen molar-refractivity contribution in [1.82, 2.24) is 0 Å². The molecule has 0 aromatic carbocycles. The Balaban J connectivity index is 2.50. The zero-order valence-corrected chi connectivity index (χ0v) is 10.6. The summed E-state index contributed by atoms with van der Waals surface area (Å²) in [5, 5.41) is 8.69. The first-order valence-corrected chi connectivity index (χ1v) is 6.36. The lowest BCUT2D eigenvalue weighted by atomic mass is 9.82. The van der Waals surface area contributed by atoms with E-state index in [0.29, 0.717) is 25.4 Å². The lowest BCUT2D eigenvalue weighted by molar-refractivity contribution is -0.142. The van der Waals surface area contributed by atoms with E-state index in [2.05, 4.69) is 0 Å². The molecular weight excluding hydrogens is 220 g/mol. The van der Waals surface area contributed by atoms with Crippen LogP contribution in [0.1, 0.15) is 46.0 Å². The Morgan fingerprint density at radius 3 is 2.82 bits per heavy atom. The van der Waals surface area contributed by atoms with E-state index in [-0.39, 0.29) is 24.2 Å². The third-order valence-corrected chi connectivity index (χ3v) is 3.08. The number of rotatable bonds is 6. The van der Waals surface area contributed by atoms with E-state index in [1.807, 2.05) is 13.8 Å². The molecule has 0 aromatic rings. The van der Waals surface area contributed by atoms with Crippen molar-refractivity contribution >= 4 is 11.8 Å². The molecule has 4 nitrogen and oxygen atoms in total. The molecule has 1 aliphatic rings. The van der Waals surface area contributed by atoms with Crippen LogP contribution >= 0.6 is 0 Å². The molecule has 2 atom stereocenters. The lowest BCUT2D eigenvalue weighted by Crippen LogP contribution is -2.37. The molecule has 1 N–H and O–H groups in total. The molecule has 17 heavy (non-hydrogen) atoms. The van der Waals surface area contributed by atoms with Crippen LogP contribution in [-0.2, 0) is 14.3 Å². The Morgan fingerprint density at radius 1 is 1.53 bits per heavy atom. The normalized spacial score (nSPS) is 25.2. The smallest absolute Gasteiger partial charge is 0.303 e. The van der Waals surface area contributed by atoms with Crippen molar-refractivity contribution in [2.24, 2.45) is 11.8 Å². The van der Waals surface area contributed by atoms with E-state index in [1.54, 1.807) is 0 Å². The molecule has 0 aliphatic heterocycles. The number of hydrogen-bond acceptors (Lipinski definition) is 3. The number of Topliss-reactive ketones (excluding diaryl/α,β-unsaturated/α-hetero) is 1. The monoisotopic (exact) mass is 242 g/mol. The molecule has 0 amide bonds. The first kappa shape index (κ1) is 14.2. The molecule has 0 unspecified atom stereocenters. The molecular formula is C13H22O4. The maximum atomic E-state index is 11.8. The predicted molar refractivity (Wildman–Crippen MR) is 63.8 cm³/mol. The van der Waals surface area contributed by atoms with Gasteiger partial charge in [-0.1, -0.05) is 13.8 Å². The quantitative estimate of drug-likeness (QED) is 0.776. The first-order chi connectivity index (χ1) is 8.00. The Hall–Kier alpha value is -0.900. The summed E-state index contributed by atoms with van der Waals surface area (Å²) in [7, 11) is 0. The Morgan fingerprint density at radius 2 is 2.24 bits per heavy atom. The summed E-state index contributed by atoms with van der Waals surface area (Å²) in [4.78, 5) is 22.4. The summed E-state index contributed by atoms with van der Waals surface area (Å²) in [5.41, 5.74) is 0. The van der Waals surface area contributed by atoms with Gasteiger partial charge in [-0.05, 0) is 31.1 Å². The fraction of sp³-hybridized carbons (Fsp3) is 0.846. The van der Waals surface area contributed by atoms with E-state index in [4.69, 9.17) is 9.84 Å². The van der Waals surface area contributed by atoms with Gasteiger partial charge >= 0.3 is 5.97 Å². The van der Waals surface area contributed by atoms with Crippen molar-refractivity contribution in [2.75, 3.05) is 6.61 Å². The van der Waals surface area contributed by atoms with Crippen LogP contribution in [0, 0.1) is 11.8 Å². The average Bonchev–Trinajstić information content (AvgIpc) is 2.24. The third kappa shape index (κ3) is 4.86. The minimum absolute atomic E-state index is 0.0890. The van der Waals surface area contributed by atoms with Gasteiger partial charge in [-0.2, -0.15) is 0 Å². The number of carboxylic acids is 1. The standard InChI is InChI=1S/C13H22O4/c1-9(2)8-17-13-10(6-7-12(15)16)4-3-5-11(13)14/h9-10,13H,3-8H2,1-2H3,(H,15,16)/t10-,13-/m0/s1. The number of carbonyl (C=O) groups is 2. The first-order valence-electron chi connectivity index (χ1n) is 6.36. The van der Waals surface area contributed by atoms with Crippen LogP contribution in [0.15, 0.2) is 0 Å². The summed E-state index contributed by atoms with van der Waals surface area (Å²) in [5.74, 6) is -0.172. The summed E-state index contributed by atoms with van der Waals surface area (Å²) in [6.45, 7) is 4.65. The third-order valence-electron chi connectivity index (χ3n) is 3.08. The molecule has 0 aromatic heterocycles. The average molecular weight is 242 g/mol. The number of hydrogen-bond donors (Lipinski definition) is 1. The largest absolute Gasteiger partial charge is 0.481 e. The number of ether oxygens (including phenoxy) is 1. The van der Waals surface area contributed by atoms with Crippen LogP contribution in [0.25, 0.3) is 0 Å². The minimum Gasteiger partial charge on any atom is -0.481 e. The molecule has 98 valence electrons.